The van der Waals surface area contributed by atoms with Crippen LogP contribution in [-0.4, -0.2) is 17.8 Å². The monoisotopic (exact) mass is 301 g/mol. The predicted octanol–water partition coefficient (Wildman–Crippen LogP) is 3.37. The topological polar surface area (TPSA) is 46.2 Å². The Kier molecular flexibility index (Phi) is 4.10. The molecular formula is C16H22F3NO. The van der Waals surface area contributed by atoms with E-state index in [1.54, 1.807) is 0 Å². The summed E-state index contributed by atoms with van der Waals surface area (Å²) in [5.41, 5.74) is 5.37. The van der Waals surface area contributed by atoms with Crippen LogP contribution in [0.25, 0.3) is 0 Å². The highest BCUT2D eigenvalue weighted by Crippen LogP contribution is 2.50. The highest BCUT2D eigenvalue weighted by Gasteiger charge is 2.50. The summed E-state index contributed by atoms with van der Waals surface area (Å²) in [7, 11) is 0. The number of rotatable bonds is 3. The van der Waals surface area contributed by atoms with Gasteiger partial charge in [0.2, 0.25) is 0 Å². The van der Waals surface area contributed by atoms with Crippen LogP contribution in [0, 0.1) is 10.8 Å². The first-order chi connectivity index (χ1) is 9.61. The molecule has 1 aliphatic carbocycles. The third-order valence-corrected chi connectivity index (χ3v) is 4.83. The summed E-state index contributed by atoms with van der Waals surface area (Å²) in [6.07, 6.45) is -2.70. The Bertz CT molecular complexity index is 495. The van der Waals surface area contributed by atoms with Gasteiger partial charge in [0.05, 0.1) is 11.7 Å². The Balaban J connectivity index is 2.20. The van der Waals surface area contributed by atoms with E-state index in [0.717, 1.165) is 30.5 Å². The number of hydrogen-bond donors (Lipinski definition) is 2. The second-order valence-electron chi connectivity index (χ2n) is 6.83. The molecule has 0 aliphatic heterocycles. The molecule has 0 saturated heterocycles. The summed E-state index contributed by atoms with van der Waals surface area (Å²) >= 11 is 0. The summed E-state index contributed by atoms with van der Waals surface area (Å²) in [6, 6.07) is 5.15. The fourth-order valence-corrected chi connectivity index (χ4v) is 3.36. The van der Waals surface area contributed by atoms with E-state index in [2.05, 4.69) is 0 Å². The molecule has 1 aromatic carbocycles. The third-order valence-electron chi connectivity index (χ3n) is 4.83. The van der Waals surface area contributed by atoms with Crippen LogP contribution in [0.5, 0.6) is 0 Å². The molecule has 2 nitrogen and oxygen atoms in total. The van der Waals surface area contributed by atoms with E-state index in [-0.39, 0.29) is 5.41 Å². The summed E-state index contributed by atoms with van der Waals surface area (Å²) in [4.78, 5) is 0. The van der Waals surface area contributed by atoms with Gasteiger partial charge in [0.25, 0.3) is 0 Å². The molecule has 21 heavy (non-hydrogen) atoms. The lowest BCUT2D eigenvalue weighted by Crippen LogP contribution is -2.44. The zero-order chi connectivity index (χ0) is 15.9. The Morgan fingerprint density at radius 1 is 1.19 bits per heavy atom. The molecule has 0 heterocycles. The average Bonchev–Trinajstić information content (AvgIpc) is 2.63. The standard InChI is InChI=1S/C16H22F3NO/c1-14(2)7-8-15(10-20,13(14)21)9-11-3-5-12(6-4-11)16(17,18)19/h3-6,13,21H,7-10,20H2,1-2H3. The van der Waals surface area contributed by atoms with E-state index in [1.807, 2.05) is 13.8 Å². The molecule has 5 heteroatoms. The Morgan fingerprint density at radius 3 is 2.14 bits per heavy atom. The zero-order valence-electron chi connectivity index (χ0n) is 12.4. The van der Waals surface area contributed by atoms with Crippen LogP contribution < -0.4 is 5.73 Å². The highest BCUT2D eigenvalue weighted by molar-refractivity contribution is 5.26. The van der Waals surface area contributed by atoms with Crippen molar-refractivity contribution >= 4 is 0 Å². The second kappa shape index (κ2) is 5.29. The molecule has 118 valence electrons. The van der Waals surface area contributed by atoms with E-state index in [0.29, 0.717) is 13.0 Å². The fourth-order valence-electron chi connectivity index (χ4n) is 3.36. The van der Waals surface area contributed by atoms with E-state index >= 15 is 0 Å². The van der Waals surface area contributed by atoms with Gasteiger partial charge in [-0.25, -0.2) is 0 Å². The SMILES string of the molecule is CC1(C)CCC(CN)(Cc2ccc(C(F)(F)F)cc2)C1O. The quantitative estimate of drug-likeness (QED) is 0.899. The molecule has 0 aromatic heterocycles. The van der Waals surface area contributed by atoms with Gasteiger partial charge in [-0.05, 0) is 42.4 Å². The molecule has 1 aromatic rings. The lowest BCUT2D eigenvalue weighted by molar-refractivity contribution is -0.137. The first-order valence-corrected chi connectivity index (χ1v) is 7.15. The molecule has 0 spiro atoms. The number of aliphatic hydroxyl groups is 1. The molecule has 0 bridgehead atoms. The molecule has 3 N–H and O–H groups in total. The largest absolute Gasteiger partial charge is 0.416 e. The van der Waals surface area contributed by atoms with Gasteiger partial charge in [0.15, 0.2) is 0 Å². The maximum absolute atomic E-state index is 12.6. The van der Waals surface area contributed by atoms with Gasteiger partial charge < -0.3 is 10.8 Å². The van der Waals surface area contributed by atoms with Gasteiger partial charge in [-0.15, -0.1) is 0 Å². The number of benzene rings is 1. The van der Waals surface area contributed by atoms with Gasteiger partial charge in [0, 0.05) is 12.0 Å². The van der Waals surface area contributed by atoms with Crippen molar-refractivity contribution in [2.75, 3.05) is 6.54 Å². The maximum Gasteiger partial charge on any atom is 0.416 e. The minimum Gasteiger partial charge on any atom is -0.392 e. The maximum atomic E-state index is 12.6. The lowest BCUT2D eigenvalue weighted by Gasteiger charge is -2.36. The third kappa shape index (κ3) is 3.09. The lowest BCUT2D eigenvalue weighted by atomic mass is 9.74. The van der Waals surface area contributed by atoms with Crippen molar-refractivity contribution in [1.29, 1.82) is 0 Å². The first-order valence-electron chi connectivity index (χ1n) is 7.15. The van der Waals surface area contributed by atoms with Gasteiger partial charge in [-0.1, -0.05) is 26.0 Å². The minimum atomic E-state index is -4.32. The highest BCUT2D eigenvalue weighted by atomic mass is 19.4. The van der Waals surface area contributed by atoms with Crippen molar-refractivity contribution in [2.45, 2.75) is 45.4 Å². The normalized spacial score (nSPS) is 28.8. The molecule has 0 radical (unpaired) electrons. The van der Waals surface area contributed by atoms with Crippen LogP contribution in [0.2, 0.25) is 0 Å². The molecule has 2 unspecified atom stereocenters. The van der Waals surface area contributed by atoms with Crippen molar-refractivity contribution in [2.24, 2.45) is 16.6 Å². The zero-order valence-corrected chi connectivity index (χ0v) is 12.4. The molecule has 1 aliphatic rings. The van der Waals surface area contributed by atoms with Crippen LogP contribution in [0.15, 0.2) is 24.3 Å². The number of aliphatic hydroxyl groups excluding tert-OH is 1. The summed E-state index contributed by atoms with van der Waals surface area (Å²) < 4.78 is 37.7. The Morgan fingerprint density at radius 2 is 1.76 bits per heavy atom. The van der Waals surface area contributed by atoms with Crippen molar-refractivity contribution in [1.82, 2.24) is 0 Å². The average molecular weight is 301 g/mol. The number of alkyl halides is 3. The summed E-state index contributed by atoms with van der Waals surface area (Å²) in [5.74, 6) is 0. The summed E-state index contributed by atoms with van der Waals surface area (Å²) in [6.45, 7) is 4.34. The van der Waals surface area contributed by atoms with Gasteiger partial charge in [-0.2, -0.15) is 13.2 Å². The molecule has 1 saturated carbocycles. The van der Waals surface area contributed by atoms with E-state index in [1.165, 1.54) is 12.1 Å². The number of hydrogen-bond acceptors (Lipinski definition) is 2. The minimum absolute atomic E-state index is 0.203. The smallest absolute Gasteiger partial charge is 0.392 e. The number of halogens is 3. The van der Waals surface area contributed by atoms with E-state index < -0.39 is 23.3 Å². The Labute approximate surface area is 123 Å². The van der Waals surface area contributed by atoms with Crippen LogP contribution in [0.3, 0.4) is 0 Å². The van der Waals surface area contributed by atoms with Crippen molar-refractivity contribution in [3.05, 3.63) is 35.4 Å². The molecule has 0 amide bonds. The predicted molar refractivity (Wildman–Crippen MR) is 75.7 cm³/mol. The molecule has 1 fully saturated rings. The van der Waals surface area contributed by atoms with Crippen LogP contribution >= 0.6 is 0 Å². The van der Waals surface area contributed by atoms with Gasteiger partial charge in [0.1, 0.15) is 0 Å². The second-order valence-corrected chi connectivity index (χ2v) is 6.83. The molecular weight excluding hydrogens is 279 g/mol. The van der Waals surface area contributed by atoms with Gasteiger partial charge >= 0.3 is 6.18 Å². The Hall–Kier alpha value is -1.07. The van der Waals surface area contributed by atoms with Crippen LogP contribution in [0.1, 0.15) is 37.8 Å². The van der Waals surface area contributed by atoms with Gasteiger partial charge in [-0.3, -0.25) is 0 Å². The fraction of sp³-hybridized carbons (Fsp3) is 0.625. The molecule has 2 atom stereocenters. The van der Waals surface area contributed by atoms with Crippen LogP contribution in [-0.2, 0) is 12.6 Å². The number of nitrogens with two attached hydrogens (primary N) is 1. The first kappa shape index (κ1) is 16.3. The van der Waals surface area contributed by atoms with Crippen molar-refractivity contribution in [3.8, 4) is 0 Å². The van der Waals surface area contributed by atoms with Crippen LogP contribution in [0.4, 0.5) is 13.2 Å². The summed E-state index contributed by atoms with van der Waals surface area (Å²) in [5, 5.41) is 10.6. The van der Waals surface area contributed by atoms with Crippen molar-refractivity contribution in [3.63, 3.8) is 0 Å². The molecule has 2 rings (SSSR count). The van der Waals surface area contributed by atoms with E-state index in [9.17, 15) is 18.3 Å². The van der Waals surface area contributed by atoms with E-state index in [4.69, 9.17) is 5.73 Å². The van der Waals surface area contributed by atoms with Crippen molar-refractivity contribution < 1.29 is 18.3 Å².